The molecule has 1 aromatic rings. The number of hydrogen-bond donors (Lipinski definition) is 2. The minimum atomic E-state index is -3.37. The summed E-state index contributed by atoms with van der Waals surface area (Å²) in [5.74, 6) is -0.524. The van der Waals surface area contributed by atoms with Crippen LogP contribution in [0.5, 0.6) is 0 Å². The third-order valence-electron chi connectivity index (χ3n) is 2.67. The topological polar surface area (TPSA) is 89.3 Å². The van der Waals surface area contributed by atoms with Crippen LogP contribution in [-0.2, 0) is 21.1 Å². The van der Waals surface area contributed by atoms with Gasteiger partial charge in [-0.3, -0.25) is 4.79 Å². The van der Waals surface area contributed by atoms with Gasteiger partial charge in [0.2, 0.25) is 5.91 Å². The van der Waals surface area contributed by atoms with Crippen LogP contribution >= 0.6 is 0 Å². The van der Waals surface area contributed by atoms with Crippen molar-refractivity contribution < 1.29 is 13.2 Å². The molecule has 6 heteroatoms. The Hall–Kier alpha value is -1.40. The lowest BCUT2D eigenvalue weighted by Crippen LogP contribution is -2.31. The number of anilines is 1. The summed E-state index contributed by atoms with van der Waals surface area (Å²) < 4.78 is 22.5. The second kappa shape index (κ2) is 5.97. The second-order valence-corrected chi connectivity index (χ2v) is 6.56. The molecule has 0 fully saturated rings. The molecule has 1 unspecified atom stereocenters. The maximum Gasteiger partial charge on any atom is 0.242 e. The van der Waals surface area contributed by atoms with Crippen LogP contribution in [0.1, 0.15) is 12.5 Å². The van der Waals surface area contributed by atoms with Gasteiger partial charge in [0.1, 0.15) is 5.25 Å². The molecule has 0 heterocycles. The van der Waals surface area contributed by atoms with Crippen molar-refractivity contribution in [3.63, 3.8) is 0 Å². The highest BCUT2D eigenvalue weighted by atomic mass is 32.2. The molecule has 1 amide bonds. The van der Waals surface area contributed by atoms with Gasteiger partial charge in [-0.25, -0.2) is 8.42 Å². The maximum absolute atomic E-state index is 11.7. The van der Waals surface area contributed by atoms with Crippen molar-refractivity contribution in [2.45, 2.75) is 18.6 Å². The predicted molar refractivity (Wildman–Crippen MR) is 72.1 cm³/mol. The first-order chi connectivity index (χ1) is 8.34. The summed E-state index contributed by atoms with van der Waals surface area (Å²) in [7, 11) is -3.37. The van der Waals surface area contributed by atoms with Crippen molar-refractivity contribution in [1.82, 2.24) is 0 Å². The van der Waals surface area contributed by atoms with Crippen LogP contribution in [0.2, 0.25) is 0 Å². The third kappa shape index (κ3) is 4.12. The average Bonchev–Trinajstić information content (AvgIpc) is 2.30. The highest BCUT2D eigenvalue weighted by Gasteiger charge is 2.23. The minimum Gasteiger partial charge on any atom is -0.330 e. The van der Waals surface area contributed by atoms with Crippen LogP contribution in [0.4, 0.5) is 5.69 Å². The zero-order valence-corrected chi connectivity index (χ0v) is 11.3. The zero-order valence-electron chi connectivity index (χ0n) is 10.5. The van der Waals surface area contributed by atoms with Crippen molar-refractivity contribution in [2.75, 3.05) is 18.1 Å². The van der Waals surface area contributed by atoms with Gasteiger partial charge in [-0.1, -0.05) is 12.1 Å². The average molecular weight is 270 g/mol. The Kier molecular flexibility index (Phi) is 4.86. The predicted octanol–water partition coefficient (Wildman–Crippen LogP) is 0.559. The van der Waals surface area contributed by atoms with E-state index < -0.39 is 21.0 Å². The molecule has 0 bridgehead atoms. The summed E-state index contributed by atoms with van der Waals surface area (Å²) in [6, 6.07) is 7.18. The van der Waals surface area contributed by atoms with Gasteiger partial charge in [-0.2, -0.15) is 0 Å². The number of carbonyl (C=O) groups is 1. The van der Waals surface area contributed by atoms with Crippen LogP contribution in [-0.4, -0.2) is 32.4 Å². The molecule has 3 N–H and O–H groups in total. The lowest BCUT2D eigenvalue weighted by molar-refractivity contribution is -0.115. The summed E-state index contributed by atoms with van der Waals surface area (Å²) >= 11 is 0. The van der Waals surface area contributed by atoms with E-state index in [1.54, 1.807) is 12.1 Å². The largest absolute Gasteiger partial charge is 0.330 e. The molecule has 0 aliphatic heterocycles. The smallest absolute Gasteiger partial charge is 0.242 e. The Morgan fingerprint density at radius 1 is 1.33 bits per heavy atom. The molecule has 100 valence electrons. The number of amides is 1. The van der Waals surface area contributed by atoms with E-state index in [1.165, 1.54) is 6.92 Å². The Morgan fingerprint density at radius 2 is 1.89 bits per heavy atom. The molecule has 1 aromatic carbocycles. The van der Waals surface area contributed by atoms with Crippen molar-refractivity contribution >= 4 is 21.4 Å². The molecule has 0 spiro atoms. The monoisotopic (exact) mass is 270 g/mol. The molecule has 18 heavy (non-hydrogen) atoms. The Labute approximate surface area is 107 Å². The van der Waals surface area contributed by atoms with E-state index in [-0.39, 0.29) is 0 Å². The van der Waals surface area contributed by atoms with E-state index in [2.05, 4.69) is 5.32 Å². The molecule has 1 atom stereocenters. The van der Waals surface area contributed by atoms with Crippen LogP contribution < -0.4 is 11.1 Å². The fourth-order valence-electron chi connectivity index (χ4n) is 1.36. The highest BCUT2D eigenvalue weighted by Crippen LogP contribution is 2.11. The van der Waals surface area contributed by atoms with Gasteiger partial charge in [0.05, 0.1) is 0 Å². The van der Waals surface area contributed by atoms with Crippen molar-refractivity contribution in [1.29, 1.82) is 0 Å². The fraction of sp³-hybridized carbons (Fsp3) is 0.417. The van der Waals surface area contributed by atoms with Crippen LogP contribution in [0.25, 0.3) is 0 Å². The molecular weight excluding hydrogens is 252 g/mol. The number of carbonyl (C=O) groups excluding carboxylic acids is 1. The van der Waals surface area contributed by atoms with E-state index in [9.17, 15) is 13.2 Å². The first kappa shape index (κ1) is 14.7. The third-order valence-corrected chi connectivity index (χ3v) is 4.16. The van der Waals surface area contributed by atoms with E-state index in [0.29, 0.717) is 12.2 Å². The first-order valence-electron chi connectivity index (χ1n) is 5.63. The van der Waals surface area contributed by atoms with Crippen LogP contribution in [0.3, 0.4) is 0 Å². The molecule has 5 nitrogen and oxygen atoms in total. The molecule has 1 rings (SSSR count). The van der Waals surface area contributed by atoms with E-state index in [0.717, 1.165) is 18.2 Å². The maximum atomic E-state index is 11.7. The van der Waals surface area contributed by atoms with Gasteiger partial charge in [-0.05, 0) is 37.6 Å². The molecular formula is C12H18N2O3S. The lowest BCUT2D eigenvalue weighted by Gasteiger charge is -2.10. The van der Waals surface area contributed by atoms with Gasteiger partial charge in [0.15, 0.2) is 9.84 Å². The normalized spacial score (nSPS) is 13.1. The standard InChI is InChI=1S/C12H18N2O3S/c1-9(18(2,16)17)12(15)14-11-5-3-10(4-6-11)7-8-13/h3-6,9H,7-8,13H2,1-2H3,(H,14,15). The van der Waals surface area contributed by atoms with Gasteiger partial charge in [0.25, 0.3) is 0 Å². The van der Waals surface area contributed by atoms with Gasteiger partial charge < -0.3 is 11.1 Å². The summed E-state index contributed by atoms with van der Waals surface area (Å²) in [6.45, 7) is 1.93. The second-order valence-electron chi connectivity index (χ2n) is 4.20. The summed E-state index contributed by atoms with van der Waals surface area (Å²) in [6.07, 6.45) is 1.82. The van der Waals surface area contributed by atoms with Crippen LogP contribution in [0, 0.1) is 0 Å². The molecule has 0 radical (unpaired) electrons. The van der Waals surface area contributed by atoms with E-state index >= 15 is 0 Å². The Bertz CT molecular complexity index is 509. The highest BCUT2D eigenvalue weighted by molar-refractivity contribution is 7.92. The van der Waals surface area contributed by atoms with Gasteiger partial charge >= 0.3 is 0 Å². The molecule has 0 saturated heterocycles. The van der Waals surface area contributed by atoms with E-state index in [1.807, 2.05) is 12.1 Å². The fourth-order valence-corrected chi connectivity index (χ4v) is 1.81. The minimum absolute atomic E-state index is 0.524. The molecule has 0 aliphatic carbocycles. The van der Waals surface area contributed by atoms with Crippen molar-refractivity contribution in [2.24, 2.45) is 5.73 Å². The number of rotatable bonds is 5. The summed E-state index contributed by atoms with van der Waals surface area (Å²) in [5, 5.41) is 1.51. The number of nitrogens with two attached hydrogens (primary N) is 1. The van der Waals surface area contributed by atoms with E-state index in [4.69, 9.17) is 5.73 Å². The van der Waals surface area contributed by atoms with Crippen molar-refractivity contribution in [3.8, 4) is 0 Å². The number of benzene rings is 1. The molecule has 0 aromatic heterocycles. The first-order valence-corrected chi connectivity index (χ1v) is 7.59. The summed E-state index contributed by atoms with van der Waals surface area (Å²) in [5.41, 5.74) is 7.09. The Balaban J connectivity index is 2.71. The summed E-state index contributed by atoms with van der Waals surface area (Å²) in [4.78, 5) is 11.7. The van der Waals surface area contributed by atoms with Gasteiger partial charge in [0, 0.05) is 11.9 Å². The molecule has 0 saturated carbocycles. The van der Waals surface area contributed by atoms with Crippen LogP contribution in [0.15, 0.2) is 24.3 Å². The molecule has 0 aliphatic rings. The number of sulfone groups is 1. The number of nitrogens with one attached hydrogen (secondary N) is 1. The SMILES string of the molecule is CC(C(=O)Nc1ccc(CCN)cc1)S(C)(=O)=O. The number of hydrogen-bond acceptors (Lipinski definition) is 4. The van der Waals surface area contributed by atoms with Crippen molar-refractivity contribution in [3.05, 3.63) is 29.8 Å². The van der Waals surface area contributed by atoms with Gasteiger partial charge in [-0.15, -0.1) is 0 Å². The quantitative estimate of drug-likeness (QED) is 0.818. The Morgan fingerprint density at radius 3 is 2.33 bits per heavy atom. The lowest BCUT2D eigenvalue weighted by atomic mass is 10.1. The zero-order chi connectivity index (χ0) is 13.8.